The van der Waals surface area contributed by atoms with Gasteiger partial charge in [0, 0.05) is 5.56 Å². The Morgan fingerprint density at radius 3 is 2.56 bits per heavy atom. The molecule has 0 fully saturated rings. The monoisotopic (exact) mass is 243 g/mol. The highest BCUT2D eigenvalue weighted by molar-refractivity contribution is 5.42. The van der Waals surface area contributed by atoms with Gasteiger partial charge in [-0.15, -0.1) is 0 Å². The summed E-state index contributed by atoms with van der Waals surface area (Å²) in [6.45, 7) is 0.632. The molecule has 92 valence electrons. The van der Waals surface area contributed by atoms with Crippen LogP contribution in [0.5, 0.6) is 5.75 Å². The second-order valence-electron chi connectivity index (χ2n) is 4.14. The standard InChI is InChI=1S/C12H13N5O/c13-11-15-10(16-12(14)17-11)8-5-6-18-9-4-2-1-3-7(8)9/h1-4,8H,5-6H2,(H4,13,14,15,16,17). The molecule has 3 rings (SSSR count). The van der Waals surface area contributed by atoms with Gasteiger partial charge < -0.3 is 16.2 Å². The molecule has 4 N–H and O–H groups in total. The Morgan fingerprint density at radius 2 is 1.78 bits per heavy atom. The second-order valence-corrected chi connectivity index (χ2v) is 4.14. The minimum Gasteiger partial charge on any atom is -0.493 e. The minimum absolute atomic E-state index is 0.0579. The van der Waals surface area contributed by atoms with Gasteiger partial charge >= 0.3 is 0 Å². The first-order valence-electron chi connectivity index (χ1n) is 5.72. The van der Waals surface area contributed by atoms with E-state index in [0.717, 1.165) is 17.7 Å². The number of benzene rings is 1. The Balaban J connectivity index is 2.08. The number of nitrogens with zero attached hydrogens (tertiary/aromatic N) is 3. The first-order valence-corrected chi connectivity index (χ1v) is 5.72. The number of nitrogen functional groups attached to an aromatic ring is 2. The molecule has 0 bridgehead atoms. The Hall–Kier alpha value is -2.37. The number of nitrogens with two attached hydrogens (primary N) is 2. The summed E-state index contributed by atoms with van der Waals surface area (Å²) in [7, 11) is 0. The molecule has 1 aliphatic heterocycles. The predicted octanol–water partition coefficient (Wildman–Crippen LogP) is 0.950. The molecule has 0 saturated carbocycles. The van der Waals surface area contributed by atoms with E-state index in [2.05, 4.69) is 15.0 Å². The molecule has 0 aliphatic carbocycles. The lowest BCUT2D eigenvalue weighted by molar-refractivity contribution is 0.274. The van der Waals surface area contributed by atoms with Crippen molar-refractivity contribution in [2.24, 2.45) is 0 Å². The number of para-hydroxylation sites is 1. The van der Waals surface area contributed by atoms with Gasteiger partial charge in [0.1, 0.15) is 11.6 Å². The van der Waals surface area contributed by atoms with Crippen LogP contribution in [-0.2, 0) is 0 Å². The van der Waals surface area contributed by atoms with Gasteiger partial charge in [0.2, 0.25) is 11.9 Å². The maximum absolute atomic E-state index is 5.61. The molecule has 1 atom stereocenters. The van der Waals surface area contributed by atoms with E-state index in [1.165, 1.54) is 0 Å². The van der Waals surface area contributed by atoms with Crippen molar-refractivity contribution in [2.45, 2.75) is 12.3 Å². The summed E-state index contributed by atoms with van der Waals surface area (Å²) < 4.78 is 5.60. The SMILES string of the molecule is Nc1nc(N)nc(C2CCOc3ccccc32)n1. The van der Waals surface area contributed by atoms with Crippen LogP contribution in [0, 0.1) is 0 Å². The van der Waals surface area contributed by atoms with Gasteiger partial charge in [0.05, 0.1) is 12.5 Å². The third-order valence-corrected chi connectivity index (χ3v) is 2.96. The van der Waals surface area contributed by atoms with E-state index in [4.69, 9.17) is 16.2 Å². The van der Waals surface area contributed by atoms with Crippen molar-refractivity contribution in [3.05, 3.63) is 35.7 Å². The normalized spacial score (nSPS) is 17.9. The fourth-order valence-corrected chi connectivity index (χ4v) is 2.19. The Morgan fingerprint density at radius 1 is 1.06 bits per heavy atom. The largest absolute Gasteiger partial charge is 0.493 e. The van der Waals surface area contributed by atoms with Crippen LogP contribution in [0.1, 0.15) is 23.7 Å². The van der Waals surface area contributed by atoms with Crippen molar-refractivity contribution >= 4 is 11.9 Å². The van der Waals surface area contributed by atoms with Gasteiger partial charge in [-0.1, -0.05) is 18.2 Å². The van der Waals surface area contributed by atoms with E-state index in [-0.39, 0.29) is 17.8 Å². The van der Waals surface area contributed by atoms with Crippen molar-refractivity contribution in [3.63, 3.8) is 0 Å². The highest BCUT2D eigenvalue weighted by atomic mass is 16.5. The van der Waals surface area contributed by atoms with Gasteiger partial charge in [-0.25, -0.2) is 0 Å². The molecule has 2 heterocycles. The quantitative estimate of drug-likeness (QED) is 0.773. The average molecular weight is 243 g/mol. The van der Waals surface area contributed by atoms with Crippen LogP contribution >= 0.6 is 0 Å². The third-order valence-electron chi connectivity index (χ3n) is 2.96. The minimum atomic E-state index is 0.0579. The van der Waals surface area contributed by atoms with Crippen LogP contribution in [0.3, 0.4) is 0 Å². The first-order chi connectivity index (χ1) is 8.74. The molecule has 0 saturated heterocycles. The number of rotatable bonds is 1. The maximum Gasteiger partial charge on any atom is 0.225 e. The summed E-state index contributed by atoms with van der Waals surface area (Å²) in [4.78, 5) is 12.1. The van der Waals surface area contributed by atoms with Crippen molar-refractivity contribution in [1.29, 1.82) is 0 Å². The lowest BCUT2D eigenvalue weighted by atomic mass is 9.92. The lowest BCUT2D eigenvalue weighted by Crippen LogP contribution is -2.18. The van der Waals surface area contributed by atoms with Gasteiger partial charge in [0.15, 0.2) is 0 Å². The van der Waals surface area contributed by atoms with Crippen molar-refractivity contribution < 1.29 is 4.74 Å². The maximum atomic E-state index is 5.61. The van der Waals surface area contributed by atoms with E-state index >= 15 is 0 Å². The summed E-state index contributed by atoms with van der Waals surface area (Å²) in [6, 6.07) is 7.86. The molecule has 0 radical (unpaired) electrons. The number of hydrogen-bond acceptors (Lipinski definition) is 6. The number of ether oxygens (including phenoxy) is 1. The van der Waals surface area contributed by atoms with Crippen LogP contribution < -0.4 is 16.2 Å². The molecule has 18 heavy (non-hydrogen) atoms. The van der Waals surface area contributed by atoms with E-state index in [1.54, 1.807) is 0 Å². The smallest absolute Gasteiger partial charge is 0.225 e. The fourth-order valence-electron chi connectivity index (χ4n) is 2.19. The van der Waals surface area contributed by atoms with Gasteiger partial charge in [0.25, 0.3) is 0 Å². The zero-order valence-electron chi connectivity index (χ0n) is 9.71. The predicted molar refractivity (Wildman–Crippen MR) is 67.0 cm³/mol. The number of fused-ring (bicyclic) bond motifs is 1. The number of aromatic nitrogens is 3. The Kier molecular flexibility index (Phi) is 2.47. The highest BCUT2D eigenvalue weighted by Crippen LogP contribution is 2.36. The van der Waals surface area contributed by atoms with E-state index in [9.17, 15) is 0 Å². The van der Waals surface area contributed by atoms with Crippen molar-refractivity contribution in [2.75, 3.05) is 18.1 Å². The van der Waals surface area contributed by atoms with Gasteiger partial charge in [-0.05, 0) is 12.5 Å². The van der Waals surface area contributed by atoms with E-state index in [1.807, 2.05) is 24.3 Å². The molecule has 6 heteroatoms. The molecule has 6 nitrogen and oxygen atoms in total. The second kappa shape index (κ2) is 4.14. The Bertz CT molecular complexity index is 566. The topological polar surface area (TPSA) is 99.9 Å². The summed E-state index contributed by atoms with van der Waals surface area (Å²) in [6.07, 6.45) is 0.805. The molecule has 2 aromatic rings. The zero-order valence-corrected chi connectivity index (χ0v) is 9.71. The molecule has 0 spiro atoms. The van der Waals surface area contributed by atoms with Gasteiger partial charge in [-0.2, -0.15) is 15.0 Å². The summed E-state index contributed by atoms with van der Waals surface area (Å²) in [5.41, 5.74) is 12.3. The summed E-state index contributed by atoms with van der Waals surface area (Å²) in [5, 5.41) is 0. The zero-order chi connectivity index (χ0) is 12.5. The van der Waals surface area contributed by atoms with Crippen LogP contribution in [0.4, 0.5) is 11.9 Å². The molecule has 1 aliphatic rings. The molecular weight excluding hydrogens is 230 g/mol. The van der Waals surface area contributed by atoms with E-state index < -0.39 is 0 Å². The summed E-state index contributed by atoms with van der Waals surface area (Å²) >= 11 is 0. The molecule has 0 amide bonds. The first kappa shape index (κ1) is 10.8. The highest BCUT2D eigenvalue weighted by Gasteiger charge is 2.25. The van der Waals surface area contributed by atoms with Crippen LogP contribution in [0.2, 0.25) is 0 Å². The third kappa shape index (κ3) is 1.81. The van der Waals surface area contributed by atoms with Crippen LogP contribution in [-0.4, -0.2) is 21.6 Å². The molecule has 1 aromatic heterocycles. The van der Waals surface area contributed by atoms with Crippen LogP contribution in [0.15, 0.2) is 24.3 Å². The Labute approximate surface area is 104 Å². The van der Waals surface area contributed by atoms with Gasteiger partial charge in [-0.3, -0.25) is 0 Å². The lowest BCUT2D eigenvalue weighted by Gasteiger charge is -2.24. The van der Waals surface area contributed by atoms with Crippen LogP contribution in [0.25, 0.3) is 0 Å². The number of hydrogen-bond donors (Lipinski definition) is 2. The summed E-state index contributed by atoms with van der Waals surface area (Å²) in [5.74, 6) is 1.84. The fraction of sp³-hybridized carbons (Fsp3) is 0.250. The van der Waals surface area contributed by atoms with E-state index in [0.29, 0.717) is 12.4 Å². The van der Waals surface area contributed by atoms with Crippen molar-refractivity contribution in [3.8, 4) is 5.75 Å². The van der Waals surface area contributed by atoms with Crippen molar-refractivity contribution in [1.82, 2.24) is 15.0 Å². The number of anilines is 2. The molecule has 1 aromatic carbocycles. The molecule has 1 unspecified atom stereocenters. The average Bonchev–Trinajstić information content (AvgIpc) is 2.37. The molecular formula is C12H13N5O.